The van der Waals surface area contributed by atoms with E-state index in [1.165, 1.54) is 0 Å². The highest BCUT2D eigenvalue weighted by molar-refractivity contribution is 6.10. The first-order valence-electron chi connectivity index (χ1n) is 10.8. The number of aryl methyl sites for hydroxylation is 4. The van der Waals surface area contributed by atoms with Gasteiger partial charge in [-0.3, -0.25) is 14.8 Å². The molecule has 1 aromatic heterocycles. The molecule has 0 spiro atoms. The van der Waals surface area contributed by atoms with E-state index in [1.807, 2.05) is 74.1 Å². The van der Waals surface area contributed by atoms with E-state index >= 15 is 0 Å². The number of nitrogens with zero attached hydrogens (tertiary/aromatic N) is 3. The number of amides is 1. The first-order valence-corrected chi connectivity index (χ1v) is 10.8. The molecule has 1 heterocycles. The van der Waals surface area contributed by atoms with Crippen LogP contribution in [0.4, 0.5) is 5.69 Å². The molecular formula is C25H31N5O2. The van der Waals surface area contributed by atoms with Crippen LogP contribution in [-0.4, -0.2) is 28.8 Å². The fourth-order valence-corrected chi connectivity index (χ4v) is 3.43. The molecule has 3 rings (SSSR count). The number of aromatic nitrogens is 2. The van der Waals surface area contributed by atoms with E-state index in [1.54, 1.807) is 7.11 Å². The molecule has 0 unspecified atom stereocenters. The second kappa shape index (κ2) is 10.6. The number of benzene rings is 2. The van der Waals surface area contributed by atoms with Gasteiger partial charge in [0.05, 0.1) is 19.3 Å². The Balaban J connectivity index is 1.83. The Hall–Kier alpha value is -3.61. The maximum absolute atomic E-state index is 12.9. The minimum atomic E-state index is -0.213. The summed E-state index contributed by atoms with van der Waals surface area (Å²) in [5, 5.41) is 10.7. The van der Waals surface area contributed by atoms with Gasteiger partial charge in [0, 0.05) is 29.6 Å². The van der Waals surface area contributed by atoms with E-state index in [0.29, 0.717) is 18.1 Å². The van der Waals surface area contributed by atoms with Crippen LogP contribution in [0.1, 0.15) is 46.1 Å². The molecular weight excluding hydrogens is 402 g/mol. The topological polar surface area (TPSA) is 80.5 Å². The van der Waals surface area contributed by atoms with Gasteiger partial charge in [-0.25, -0.2) is 4.99 Å². The third-order valence-corrected chi connectivity index (χ3v) is 4.98. The third-order valence-electron chi connectivity index (χ3n) is 4.98. The van der Waals surface area contributed by atoms with Crippen molar-refractivity contribution in [2.75, 3.05) is 12.4 Å². The number of aliphatic imine (C=N–C) groups is 1. The standard InChI is InChI=1S/C25H31N5O2/c1-6-11-30-16-21(19(4)29-30)15-26-25(27-22-7-9-23(32-5)10-8-22)28-24(31)20-13-17(2)12-18(3)14-20/h7-10,12-14,16H,6,11,15H2,1-5H3,(H2,26,27,28,31). The number of anilines is 1. The molecule has 0 aliphatic carbocycles. The Morgan fingerprint density at radius 1 is 1.09 bits per heavy atom. The molecule has 32 heavy (non-hydrogen) atoms. The molecule has 2 N–H and O–H groups in total. The molecule has 0 radical (unpaired) electrons. The van der Waals surface area contributed by atoms with E-state index in [-0.39, 0.29) is 5.91 Å². The molecule has 3 aromatic rings. The number of carbonyl (C=O) groups is 1. The largest absolute Gasteiger partial charge is 0.497 e. The van der Waals surface area contributed by atoms with Crippen LogP contribution in [0.2, 0.25) is 0 Å². The van der Waals surface area contributed by atoms with Gasteiger partial charge in [-0.1, -0.05) is 24.1 Å². The lowest BCUT2D eigenvalue weighted by Gasteiger charge is -2.13. The van der Waals surface area contributed by atoms with Crippen molar-refractivity contribution in [3.63, 3.8) is 0 Å². The third kappa shape index (κ3) is 6.20. The lowest BCUT2D eigenvalue weighted by Crippen LogP contribution is -2.36. The summed E-state index contributed by atoms with van der Waals surface area (Å²) in [6, 6.07) is 13.2. The molecule has 0 bridgehead atoms. The highest BCUT2D eigenvalue weighted by Gasteiger charge is 2.12. The number of hydrogen-bond acceptors (Lipinski definition) is 4. The normalized spacial score (nSPS) is 11.3. The minimum Gasteiger partial charge on any atom is -0.497 e. The molecule has 1 amide bonds. The van der Waals surface area contributed by atoms with Gasteiger partial charge in [0.25, 0.3) is 5.91 Å². The molecule has 0 fully saturated rings. The first kappa shape index (κ1) is 23.1. The van der Waals surface area contributed by atoms with Gasteiger partial charge >= 0.3 is 0 Å². The number of carbonyl (C=O) groups excluding carboxylic acids is 1. The summed E-state index contributed by atoms with van der Waals surface area (Å²) in [7, 11) is 1.63. The molecule has 2 aromatic carbocycles. The fourth-order valence-electron chi connectivity index (χ4n) is 3.43. The molecule has 0 atom stereocenters. The number of methoxy groups -OCH3 is 1. The highest BCUT2D eigenvalue weighted by atomic mass is 16.5. The second-order valence-electron chi connectivity index (χ2n) is 7.85. The summed E-state index contributed by atoms with van der Waals surface area (Å²) >= 11 is 0. The van der Waals surface area contributed by atoms with Crippen LogP contribution in [0.5, 0.6) is 5.75 Å². The van der Waals surface area contributed by atoms with Crippen LogP contribution in [0.3, 0.4) is 0 Å². The van der Waals surface area contributed by atoms with Crippen molar-refractivity contribution in [3.8, 4) is 5.75 Å². The van der Waals surface area contributed by atoms with Crippen LogP contribution in [0.25, 0.3) is 0 Å². The van der Waals surface area contributed by atoms with E-state index < -0.39 is 0 Å². The van der Waals surface area contributed by atoms with Crippen molar-refractivity contribution >= 4 is 17.6 Å². The zero-order valence-corrected chi connectivity index (χ0v) is 19.4. The van der Waals surface area contributed by atoms with Crippen molar-refractivity contribution in [3.05, 3.63) is 76.6 Å². The van der Waals surface area contributed by atoms with E-state index in [9.17, 15) is 4.79 Å². The Morgan fingerprint density at radius 3 is 2.41 bits per heavy atom. The van der Waals surface area contributed by atoms with Crippen molar-refractivity contribution in [1.29, 1.82) is 0 Å². The summed E-state index contributed by atoms with van der Waals surface area (Å²) in [5.74, 6) is 0.921. The summed E-state index contributed by atoms with van der Waals surface area (Å²) in [5.41, 5.74) is 5.42. The summed E-state index contributed by atoms with van der Waals surface area (Å²) in [6.07, 6.45) is 3.03. The minimum absolute atomic E-state index is 0.213. The van der Waals surface area contributed by atoms with Crippen molar-refractivity contribution in [1.82, 2.24) is 15.1 Å². The average Bonchev–Trinajstić information content (AvgIpc) is 3.11. The fraction of sp³-hybridized carbons (Fsp3) is 0.320. The van der Waals surface area contributed by atoms with Crippen LogP contribution < -0.4 is 15.4 Å². The van der Waals surface area contributed by atoms with E-state index in [4.69, 9.17) is 4.74 Å². The van der Waals surface area contributed by atoms with Gasteiger partial charge in [-0.05, 0) is 63.6 Å². The quantitative estimate of drug-likeness (QED) is 0.421. The van der Waals surface area contributed by atoms with Crippen molar-refractivity contribution in [2.24, 2.45) is 4.99 Å². The van der Waals surface area contributed by atoms with Gasteiger partial charge in [0.15, 0.2) is 0 Å². The van der Waals surface area contributed by atoms with Crippen LogP contribution >= 0.6 is 0 Å². The predicted octanol–water partition coefficient (Wildman–Crippen LogP) is 4.63. The molecule has 0 saturated heterocycles. The highest BCUT2D eigenvalue weighted by Crippen LogP contribution is 2.16. The zero-order chi connectivity index (χ0) is 23.1. The SMILES string of the molecule is CCCn1cc(CN=C(NC(=O)c2cc(C)cc(C)c2)Nc2ccc(OC)cc2)c(C)n1. The first-order chi connectivity index (χ1) is 15.4. The monoisotopic (exact) mass is 433 g/mol. The van der Waals surface area contributed by atoms with Gasteiger partial charge in [-0.15, -0.1) is 0 Å². The van der Waals surface area contributed by atoms with Crippen molar-refractivity contribution in [2.45, 2.75) is 47.2 Å². The smallest absolute Gasteiger partial charge is 0.257 e. The molecule has 7 heteroatoms. The molecule has 0 aliphatic rings. The number of rotatable bonds is 7. The lowest BCUT2D eigenvalue weighted by molar-refractivity contribution is 0.0976. The summed E-state index contributed by atoms with van der Waals surface area (Å²) in [4.78, 5) is 17.6. The Bertz CT molecular complexity index is 1080. The molecule has 7 nitrogen and oxygen atoms in total. The predicted molar refractivity (Wildman–Crippen MR) is 128 cm³/mol. The number of hydrogen-bond donors (Lipinski definition) is 2. The molecule has 0 aliphatic heterocycles. The Kier molecular flexibility index (Phi) is 7.65. The summed E-state index contributed by atoms with van der Waals surface area (Å²) < 4.78 is 7.16. The van der Waals surface area contributed by atoms with E-state index in [0.717, 1.165) is 46.8 Å². The second-order valence-corrected chi connectivity index (χ2v) is 7.85. The molecule has 0 saturated carbocycles. The van der Waals surface area contributed by atoms with Crippen LogP contribution in [-0.2, 0) is 13.1 Å². The van der Waals surface area contributed by atoms with Gasteiger partial charge in [0.2, 0.25) is 5.96 Å². The maximum Gasteiger partial charge on any atom is 0.257 e. The summed E-state index contributed by atoms with van der Waals surface area (Å²) in [6.45, 7) is 9.32. The van der Waals surface area contributed by atoms with Crippen molar-refractivity contribution < 1.29 is 9.53 Å². The lowest BCUT2D eigenvalue weighted by atomic mass is 10.1. The van der Waals surface area contributed by atoms with Gasteiger partial charge in [0.1, 0.15) is 5.75 Å². The van der Waals surface area contributed by atoms with Crippen LogP contribution in [0, 0.1) is 20.8 Å². The Morgan fingerprint density at radius 2 is 1.78 bits per heavy atom. The molecule has 168 valence electrons. The van der Waals surface area contributed by atoms with E-state index in [2.05, 4.69) is 27.6 Å². The Labute approximate surface area is 189 Å². The number of guanidine groups is 1. The maximum atomic E-state index is 12.9. The zero-order valence-electron chi connectivity index (χ0n) is 19.4. The average molecular weight is 434 g/mol. The van der Waals surface area contributed by atoms with Gasteiger partial charge < -0.3 is 10.1 Å². The number of ether oxygens (including phenoxy) is 1. The van der Waals surface area contributed by atoms with Gasteiger partial charge in [-0.2, -0.15) is 5.10 Å². The van der Waals surface area contributed by atoms with Crippen LogP contribution in [0.15, 0.2) is 53.7 Å². The number of nitrogens with one attached hydrogen (secondary N) is 2.